The number of benzene rings is 3. The molecule has 0 spiro atoms. The average molecular weight is 412 g/mol. The Kier molecular flexibility index (Phi) is 4.81. The van der Waals surface area contributed by atoms with Crippen LogP contribution in [0.15, 0.2) is 70.1 Å². The maximum Gasteiger partial charge on any atom is 0.288 e. The molecule has 1 heterocycles. The minimum absolute atomic E-state index is 0.0890. The molecule has 0 aliphatic heterocycles. The van der Waals surface area contributed by atoms with Crippen molar-refractivity contribution < 1.29 is 9.34 Å². The molecule has 138 valence electrons. The maximum atomic E-state index is 11.0. The van der Waals surface area contributed by atoms with E-state index in [9.17, 15) is 10.1 Å². The van der Waals surface area contributed by atoms with Crippen LogP contribution in [0.3, 0.4) is 0 Å². The number of aliphatic imine (C=N–C) groups is 1. The highest BCUT2D eigenvalue weighted by atomic mass is 35.5. The third kappa shape index (κ3) is 3.74. The van der Waals surface area contributed by atoms with Crippen molar-refractivity contribution >= 4 is 51.9 Å². The van der Waals surface area contributed by atoms with Gasteiger partial charge in [0.15, 0.2) is 5.58 Å². The first-order valence-electron chi connectivity index (χ1n) is 8.14. The Balaban J connectivity index is 1.57. The molecule has 1 aromatic heterocycles. The lowest BCUT2D eigenvalue weighted by Gasteiger charge is -1.98. The molecule has 0 radical (unpaired) electrons. The van der Waals surface area contributed by atoms with Crippen LogP contribution in [0, 0.1) is 10.1 Å². The molecule has 0 bridgehead atoms. The number of aromatic nitrogens is 1. The Hall–Kier alpha value is -3.22. The van der Waals surface area contributed by atoms with Gasteiger partial charge in [0.1, 0.15) is 10.5 Å². The predicted molar refractivity (Wildman–Crippen MR) is 110 cm³/mol. The zero-order valence-electron chi connectivity index (χ0n) is 14.2. The molecule has 4 rings (SSSR count). The highest BCUT2D eigenvalue weighted by Gasteiger charge is 2.12. The third-order valence-corrected chi connectivity index (χ3v) is 4.55. The van der Waals surface area contributed by atoms with E-state index in [4.69, 9.17) is 27.6 Å². The van der Waals surface area contributed by atoms with Crippen LogP contribution in [0.25, 0.3) is 22.6 Å². The summed E-state index contributed by atoms with van der Waals surface area (Å²) in [7, 11) is 0. The molecule has 6 nitrogen and oxygen atoms in total. The van der Waals surface area contributed by atoms with E-state index in [0.29, 0.717) is 33.3 Å². The molecule has 0 N–H and O–H groups in total. The van der Waals surface area contributed by atoms with Gasteiger partial charge in [-0.15, -0.1) is 0 Å². The van der Waals surface area contributed by atoms with E-state index in [0.717, 1.165) is 5.56 Å². The summed E-state index contributed by atoms with van der Waals surface area (Å²) in [6.45, 7) is 0. The second kappa shape index (κ2) is 7.42. The van der Waals surface area contributed by atoms with E-state index in [2.05, 4.69) is 9.98 Å². The van der Waals surface area contributed by atoms with E-state index in [1.165, 1.54) is 12.1 Å². The van der Waals surface area contributed by atoms with Gasteiger partial charge in [0, 0.05) is 22.9 Å². The summed E-state index contributed by atoms with van der Waals surface area (Å²) in [6.07, 6.45) is 1.54. The van der Waals surface area contributed by atoms with Crippen molar-refractivity contribution in [1.29, 1.82) is 0 Å². The van der Waals surface area contributed by atoms with Gasteiger partial charge in [0.05, 0.1) is 10.6 Å². The van der Waals surface area contributed by atoms with Crippen molar-refractivity contribution in [2.45, 2.75) is 0 Å². The van der Waals surface area contributed by atoms with E-state index in [-0.39, 0.29) is 10.7 Å². The van der Waals surface area contributed by atoms with Crippen molar-refractivity contribution in [3.63, 3.8) is 0 Å². The van der Waals surface area contributed by atoms with Gasteiger partial charge < -0.3 is 4.42 Å². The molecular formula is C20H11Cl2N3O3. The number of halogens is 2. The van der Waals surface area contributed by atoms with E-state index in [1.807, 2.05) is 12.1 Å². The van der Waals surface area contributed by atoms with Gasteiger partial charge in [-0.25, -0.2) is 4.98 Å². The Labute approximate surface area is 169 Å². The standard InChI is InChI=1S/C20H11Cl2N3O3/c21-14-4-8-19-17(10-14)24-20(28-19)13-2-5-15(6-3-13)23-11-12-1-7-16(22)18(9-12)25(26)27/h1-11H. The number of oxazole rings is 1. The zero-order chi connectivity index (χ0) is 19.7. The SMILES string of the molecule is O=[N+]([O-])c1cc(C=Nc2ccc(-c3nc4cc(Cl)ccc4o3)cc2)ccc1Cl. The minimum atomic E-state index is -0.526. The summed E-state index contributed by atoms with van der Waals surface area (Å²) in [6, 6.07) is 17.1. The van der Waals surface area contributed by atoms with Crippen LogP contribution < -0.4 is 0 Å². The van der Waals surface area contributed by atoms with Crippen LogP contribution in [0.5, 0.6) is 0 Å². The quantitative estimate of drug-likeness (QED) is 0.219. The monoisotopic (exact) mass is 411 g/mol. The fourth-order valence-corrected chi connectivity index (χ4v) is 2.97. The Morgan fingerprint density at radius 1 is 1.04 bits per heavy atom. The van der Waals surface area contributed by atoms with Crippen molar-refractivity contribution in [2.24, 2.45) is 4.99 Å². The summed E-state index contributed by atoms with van der Waals surface area (Å²) in [5, 5.41) is 11.6. The number of nitro groups is 1. The minimum Gasteiger partial charge on any atom is -0.436 e. The van der Waals surface area contributed by atoms with Crippen LogP contribution >= 0.6 is 23.2 Å². The number of rotatable bonds is 4. The van der Waals surface area contributed by atoms with Crippen molar-refractivity contribution in [1.82, 2.24) is 4.98 Å². The third-order valence-electron chi connectivity index (χ3n) is 3.99. The van der Waals surface area contributed by atoms with Crippen LogP contribution in [0.2, 0.25) is 10.0 Å². The van der Waals surface area contributed by atoms with Crippen LogP contribution in [-0.2, 0) is 0 Å². The molecular weight excluding hydrogens is 401 g/mol. The Morgan fingerprint density at radius 3 is 2.57 bits per heavy atom. The topological polar surface area (TPSA) is 81.5 Å². The molecule has 0 saturated carbocycles. The van der Waals surface area contributed by atoms with Gasteiger partial charge in [-0.2, -0.15) is 0 Å². The Bertz CT molecular complexity index is 1220. The molecule has 28 heavy (non-hydrogen) atoms. The van der Waals surface area contributed by atoms with Crippen molar-refractivity contribution in [3.8, 4) is 11.5 Å². The number of nitrogens with zero attached hydrogens (tertiary/aromatic N) is 3. The summed E-state index contributed by atoms with van der Waals surface area (Å²) >= 11 is 11.8. The molecule has 8 heteroatoms. The van der Waals surface area contributed by atoms with E-state index in [1.54, 1.807) is 42.6 Å². The molecule has 0 fully saturated rings. The molecule has 3 aromatic carbocycles. The highest BCUT2D eigenvalue weighted by Crippen LogP contribution is 2.28. The summed E-state index contributed by atoms with van der Waals surface area (Å²) < 4.78 is 5.74. The lowest BCUT2D eigenvalue weighted by atomic mass is 10.2. The lowest BCUT2D eigenvalue weighted by molar-refractivity contribution is -0.384. The van der Waals surface area contributed by atoms with Crippen LogP contribution in [0.4, 0.5) is 11.4 Å². The fraction of sp³-hybridized carbons (Fsp3) is 0. The molecule has 0 saturated heterocycles. The van der Waals surface area contributed by atoms with Gasteiger partial charge in [-0.1, -0.05) is 29.3 Å². The van der Waals surface area contributed by atoms with E-state index >= 15 is 0 Å². The average Bonchev–Trinajstić information content (AvgIpc) is 3.10. The first-order chi connectivity index (χ1) is 13.5. The zero-order valence-corrected chi connectivity index (χ0v) is 15.7. The van der Waals surface area contributed by atoms with Crippen molar-refractivity contribution in [3.05, 3.63) is 86.4 Å². The second-order valence-corrected chi connectivity index (χ2v) is 6.75. The smallest absolute Gasteiger partial charge is 0.288 e. The number of hydrogen-bond acceptors (Lipinski definition) is 5. The number of hydrogen-bond donors (Lipinski definition) is 0. The van der Waals surface area contributed by atoms with Crippen LogP contribution in [0.1, 0.15) is 5.56 Å². The Morgan fingerprint density at radius 2 is 1.82 bits per heavy atom. The molecule has 0 aliphatic carbocycles. The molecule has 4 aromatic rings. The molecule has 0 aliphatic rings. The first kappa shape index (κ1) is 18.2. The number of nitro benzene ring substituents is 1. The molecule has 0 amide bonds. The van der Waals surface area contributed by atoms with Gasteiger partial charge in [-0.05, 0) is 54.1 Å². The normalized spacial score (nSPS) is 11.4. The van der Waals surface area contributed by atoms with Crippen LogP contribution in [-0.4, -0.2) is 16.1 Å². The first-order valence-corrected chi connectivity index (χ1v) is 8.90. The summed E-state index contributed by atoms with van der Waals surface area (Å²) in [4.78, 5) is 19.2. The van der Waals surface area contributed by atoms with Crippen molar-refractivity contribution in [2.75, 3.05) is 0 Å². The lowest BCUT2D eigenvalue weighted by Crippen LogP contribution is -1.91. The number of fused-ring (bicyclic) bond motifs is 1. The fourth-order valence-electron chi connectivity index (χ4n) is 2.61. The highest BCUT2D eigenvalue weighted by molar-refractivity contribution is 6.32. The van der Waals surface area contributed by atoms with Gasteiger partial charge >= 0.3 is 0 Å². The molecule has 0 unspecified atom stereocenters. The van der Waals surface area contributed by atoms with Gasteiger partial charge in [0.25, 0.3) is 5.69 Å². The molecule has 0 atom stereocenters. The largest absolute Gasteiger partial charge is 0.436 e. The second-order valence-electron chi connectivity index (χ2n) is 5.90. The maximum absolute atomic E-state index is 11.0. The predicted octanol–water partition coefficient (Wildman–Crippen LogP) is 6.46. The summed E-state index contributed by atoms with van der Waals surface area (Å²) in [5.41, 5.74) is 3.25. The van der Waals surface area contributed by atoms with Gasteiger partial charge in [-0.3, -0.25) is 15.1 Å². The van der Waals surface area contributed by atoms with Gasteiger partial charge in [0.2, 0.25) is 5.89 Å². The van der Waals surface area contributed by atoms with E-state index < -0.39 is 4.92 Å². The summed E-state index contributed by atoms with van der Waals surface area (Å²) in [5.74, 6) is 0.487.